The predicted molar refractivity (Wildman–Crippen MR) is 78.2 cm³/mol. The molecule has 2 fully saturated rings. The molecule has 2 saturated heterocycles. The zero-order chi connectivity index (χ0) is 16.2. The fourth-order valence-corrected chi connectivity index (χ4v) is 2.78. The monoisotopic (exact) mass is 318 g/mol. The number of nitrogens with zero attached hydrogens (tertiary/aromatic N) is 4. The van der Waals surface area contributed by atoms with E-state index in [-0.39, 0.29) is 43.2 Å². The molecule has 0 unspecified atom stereocenters. The minimum atomic E-state index is -0.260. The van der Waals surface area contributed by atoms with E-state index in [1.54, 1.807) is 23.2 Å². The van der Waals surface area contributed by atoms with E-state index in [1.165, 1.54) is 0 Å². The molecule has 8 nitrogen and oxygen atoms in total. The van der Waals surface area contributed by atoms with E-state index in [0.29, 0.717) is 31.8 Å². The van der Waals surface area contributed by atoms with Gasteiger partial charge in [-0.05, 0) is 6.07 Å². The normalized spacial score (nSPS) is 19.3. The molecule has 2 aliphatic heterocycles. The standard InChI is InChI=1S/C15H18N4O4/c20-13-3-4-14(21)19(13)10-15(22)18-8-5-11(6-9-18)23-12-2-1-7-16-17-12/h1-2,7,11H,3-6,8-10H2. The van der Waals surface area contributed by atoms with E-state index >= 15 is 0 Å². The number of hydrogen-bond donors (Lipinski definition) is 0. The van der Waals surface area contributed by atoms with Crippen LogP contribution in [0.25, 0.3) is 0 Å². The number of hydrogen-bond acceptors (Lipinski definition) is 6. The first kappa shape index (κ1) is 15.4. The van der Waals surface area contributed by atoms with Crippen molar-refractivity contribution in [3.8, 4) is 5.88 Å². The van der Waals surface area contributed by atoms with Crippen LogP contribution in [0.5, 0.6) is 5.88 Å². The highest BCUT2D eigenvalue weighted by Gasteiger charge is 2.33. The second-order valence-electron chi connectivity index (χ2n) is 5.63. The van der Waals surface area contributed by atoms with Crippen LogP contribution < -0.4 is 4.74 Å². The van der Waals surface area contributed by atoms with E-state index in [1.807, 2.05) is 0 Å². The quantitative estimate of drug-likeness (QED) is 0.725. The van der Waals surface area contributed by atoms with Crippen molar-refractivity contribution in [2.24, 2.45) is 0 Å². The maximum atomic E-state index is 12.2. The highest BCUT2D eigenvalue weighted by molar-refractivity contribution is 6.04. The molecule has 3 rings (SSSR count). The summed E-state index contributed by atoms with van der Waals surface area (Å²) in [6.45, 7) is 0.938. The van der Waals surface area contributed by atoms with Crippen molar-refractivity contribution < 1.29 is 19.1 Å². The van der Waals surface area contributed by atoms with Crippen LogP contribution in [0.1, 0.15) is 25.7 Å². The average molecular weight is 318 g/mol. The Balaban J connectivity index is 1.48. The van der Waals surface area contributed by atoms with Gasteiger partial charge >= 0.3 is 0 Å². The summed E-state index contributed by atoms with van der Waals surface area (Å²) in [5.41, 5.74) is 0. The van der Waals surface area contributed by atoms with Crippen molar-refractivity contribution in [2.75, 3.05) is 19.6 Å². The number of amides is 3. The third-order valence-electron chi connectivity index (χ3n) is 4.08. The third-order valence-corrected chi connectivity index (χ3v) is 4.08. The number of rotatable bonds is 4. The van der Waals surface area contributed by atoms with Gasteiger partial charge < -0.3 is 9.64 Å². The van der Waals surface area contributed by atoms with Gasteiger partial charge in [-0.3, -0.25) is 19.3 Å². The fourth-order valence-electron chi connectivity index (χ4n) is 2.78. The molecule has 23 heavy (non-hydrogen) atoms. The molecule has 0 atom stereocenters. The Labute approximate surface area is 133 Å². The Morgan fingerprint density at radius 1 is 1.22 bits per heavy atom. The van der Waals surface area contributed by atoms with Crippen LogP contribution in [0.3, 0.4) is 0 Å². The number of imide groups is 1. The number of ether oxygens (including phenoxy) is 1. The first-order valence-electron chi connectivity index (χ1n) is 7.69. The first-order valence-corrected chi connectivity index (χ1v) is 7.69. The van der Waals surface area contributed by atoms with Gasteiger partial charge in [0, 0.05) is 51.0 Å². The molecule has 0 N–H and O–H groups in total. The van der Waals surface area contributed by atoms with Crippen LogP contribution in [0.2, 0.25) is 0 Å². The summed E-state index contributed by atoms with van der Waals surface area (Å²) < 4.78 is 5.72. The van der Waals surface area contributed by atoms with Crippen molar-refractivity contribution in [2.45, 2.75) is 31.8 Å². The number of aromatic nitrogens is 2. The smallest absolute Gasteiger partial charge is 0.242 e. The fraction of sp³-hybridized carbons (Fsp3) is 0.533. The molecule has 2 aliphatic rings. The van der Waals surface area contributed by atoms with Gasteiger partial charge in [0.1, 0.15) is 12.6 Å². The highest BCUT2D eigenvalue weighted by atomic mass is 16.5. The summed E-state index contributed by atoms with van der Waals surface area (Å²) in [5, 5.41) is 7.63. The van der Waals surface area contributed by atoms with Crippen LogP contribution in [-0.4, -0.2) is 63.5 Å². The Bertz CT molecular complexity index is 583. The molecule has 0 saturated carbocycles. The third kappa shape index (κ3) is 3.64. The first-order chi connectivity index (χ1) is 11.1. The van der Waals surface area contributed by atoms with Crippen LogP contribution in [-0.2, 0) is 14.4 Å². The van der Waals surface area contributed by atoms with Gasteiger partial charge in [-0.1, -0.05) is 0 Å². The zero-order valence-electron chi connectivity index (χ0n) is 12.7. The van der Waals surface area contributed by atoms with E-state index in [0.717, 1.165) is 4.90 Å². The summed E-state index contributed by atoms with van der Waals surface area (Å²) in [6, 6.07) is 3.50. The number of piperidine rings is 1. The zero-order valence-corrected chi connectivity index (χ0v) is 12.7. The lowest BCUT2D eigenvalue weighted by Crippen LogP contribution is -2.47. The maximum absolute atomic E-state index is 12.2. The molecule has 0 aromatic carbocycles. The van der Waals surface area contributed by atoms with E-state index in [9.17, 15) is 14.4 Å². The molecular weight excluding hydrogens is 300 g/mol. The van der Waals surface area contributed by atoms with Crippen molar-refractivity contribution in [3.63, 3.8) is 0 Å². The molecule has 3 heterocycles. The second-order valence-corrected chi connectivity index (χ2v) is 5.63. The lowest BCUT2D eigenvalue weighted by atomic mass is 10.1. The highest BCUT2D eigenvalue weighted by Crippen LogP contribution is 2.18. The Morgan fingerprint density at radius 3 is 2.52 bits per heavy atom. The lowest BCUT2D eigenvalue weighted by Gasteiger charge is -2.32. The predicted octanol–water partition coefficient (Wildman–Crippen LogP) is -0.00460. The van der Waals surface area contributed by atoms with Gasteiger partial charge in [0.15, 0.2) is 0 Å². The largest absolute Gasteiger partial charge is 0.473 e. The van der Waals surface area contributed by atoms with Gasteiger partial charge in [0.05, 0.1) is 0 Å². The number of likely N-dealkylation sites (tertiary alicyclic amines) is 2. The SMILES string of the molecule is O=C(CN1C(=O)CCC1=O)N1CCC(Oc2cccnn2)CC1. The summed E-state index contributed by atoms with van der Waals surface area (Å²) in [5.74, 6) is -0.231. The molecule has 8 heteroatoms. The summed E-state index contributed by atoms with van der Waals surface area (Å²) in [6.07, 6.45) is 3.36. The van der Waals surface area contributed by atoms with Crippen molar-refractivity contribution in [1.29, 1.82) is 0 Å². The summed E-state index contributed by atoms with van der Waals surface area (Å²) in [7, 11) is 0. The molecule has 1 aromatic heterocycles. The maximum Gasteiger partial charge on any atom is 0.242 e. The Morgan fingerprint density at radius 2 is 1.91 bits per heavy atom. The molecule has 0 bridgehead atoms. The van der Waals surface area contributed by atoms with E-state index < -0.39 is 0 Å². The van der Waals surface area contributed by atoms with Gasteiger partial charge in [-0.25, -0.2) is 0 Å². The minimum Gasteiger partial charge on any atom is -0.473 e. The molecule has 0 aliphatic carbocycles. The van der Waals surface area contributed by atoms with Crippen molar-refractivity contribution >= 4 is 17.7 Å². The Kier molecular flexibility index (Phi) is 4.50. The molecule has 3 amide bonds. The van der Waals surface area contributed by atoms with Crippen molar-refractivity contribution in [1.82, 2.24) is 20.0 Å². The number of carbonyl (C=O) groups is 3. The lowest BCUT2D eigenvalue weighted by molar-refractivity contribution is -0.146. The Hall–Kier alpha value is -2.51. The van der Waals surface area contributed by atoms with Crippen LogP contribution in [0, 0.1) is 0 Å². The average Bonchev–Trinajstić information content (AvgIpc) is 2.88. The van der Waals surface area contributed by atoms with E-state index in [2.05, 4.69) is 10.2 Å². The number of carbonyl (C=O) groups excluding carboxylic acids is 3. The molecular formula is C15H18N4O4. The van der Waals surface area contributed by atoms with Crippen LogP contribution >= 0.6 is 0 Å². The summed E-state index contributed by atoms with van der Waals surface area (Å²) >= 11 is 0. The topological polar surface area (TPSA) is 92.7 Å². The second kappa shape index (κ2) is 6.72. The van der Waals surface area contributed by atoms with Gasteiger partial charge in [0.25, 0.3) is 0 Å². The molecule has 1 aromatic rings. The minimum absolute atomic E-state index is 0.00852. The molecule has 122 valence electrons. The van der Waals surface area contributed by atoms with Gasteiger partial charge in [-0.15, -0.1) is 5.10 Å². The van der Waals surface area contributed by atoms with Crippen molar-refractivity contribution in [3.05, 3.63) is 18.3 Å². The van der Waals surface area contributed by atoms with E-state index in [4.69, 9.17) is 4.74 Å². The van der Waals surface area contributed by atoms with Gasteiger partial charge in [-0.2, -0.15) is 5.10 Å². The van der Waals surface area contributed by atoms with Crippen LogP contribution in [0.4, 0.5) is 0 Å². The van der Waals surface area contributed by atoms with Crippen LogP contribution in [0.15, 0.2) is 18.3 Å². The molecule has 0 radical (unpaired) electrons. The molecule has 0 spiro atoms. The van der Waals surface area contributed by atoms with Gasteiger partial charge in [0.2, 0.25) is 23.6 Å². The summed E-state index contributed by atoms with van der Waals surface area (Å²) in [4.78, 5) is 38.1.